The van der Waals surface area contributed by atoms with Crippen molar-refractivity contribution in [3.05, 3.63) is 24.3 Å². The van der Waals surface area contributed by atoms with Gasteiger partial charge in [0.05, 0.1) is 17.4 Å². The van der Waals surface area contributed by atoms with Crippen LogP contribution >= 0.6 is 0 Å². The van der Waals surface area contributed by atoms with Crippen LogP contribution in [0.25, 0.3) is 0 Å². The highest BCUT2D eigenvalue weighted by Gasteiger charge is 2.18. The number of nitrogens with one attached hydrogen (secondary N) is 1. The maximum absolute atomic E-state index is 11.9. The van der Waals surface area contributed by atoms with E-state index in [0.29, 0.717) is 0 Å². The van der Waals surface area contributed by atoms with Crippen LogP contribution in [0, 0.1) is 12.3 Å². The largest absolute Gasteiger partial charge is 0.370 e. The first-order chi connectivity index (χ1) is 9.22. The number of benzene rings is 1. The van der Waals surface area contributed by atoms with Crippen LogP contribution in [-0.2, 0) is 4.79 Å². The number of nitrogens with zero attached hydrogens (tertiary/aromatic N) is 1. The molecule has 0 spiro atoms. The number of carbonyl (C=O) groups excluding carboxylic acids is 1. The molecule has 19 heavy (non-hydrogen) atoms. The van der Waals surface area contributed by atoms with Gasteiger partial charge >= 0.3 is 0 Å². The Hall–Kier alpha value is -1.99. The molecule has 0 aromatic heterocycles. The lowest BCUT2D eigenvalue weighted by Crippen LogP contribution is -2.35. The summed E-state index contributed by atoms with van der Waals surface area (Å²) < 4.78 is 0. The lowest BCUT2D eigenvalue weighted by molar-refractivity contribution is -0.117. The van der Waals surface area contributed by atoms with E-state index in [9.17, 15) is 4.79 Å². The van der Waals surface area contributed by atoms with E-state index in [1.54, 1.807) is 0 Å². The minimum Gasteiger partial charge on any atom is -0.370 e. The van der Waals surface area contributed by atoms with Crippen molar-refractivity contribution >= 4 is 17.3 Å². The topological polar surface area (TPSA) is 58.4 Å². The van der Waals surface area contributed by atoms with Crippen LogP contribution in [0.1, 0.15) is 19.3 Å². The summed E-state index contributed by atoms with van der Waals surface area (Å²) in [6.45, 7) is 2.06. The number of terminal acetylenes is 1. The zero-order chi connectivity index (χ0) is 13.7. The predicted molar refractivity (Wildman–Crippen MR) is 77.9 cm³/mol. The van der Waals surface area contributed by atoms with Crippen LogP contribution in [0.4, 0.5) is 11.4 Å². The van der Waals surface area contributed by atoms with Gasteiger partial charge in [-0.1, -0.05) is 12.1 Å². The van der Waals surface area contributed by atoms with E-state index >= 15 is 0 Å². The van der Waals surface area contributed by atoms with Crippen molar-refractivity contribution in [2.24, 2.45) is 5.73 Å². The van der Waals surface area contributed by atoms with Crippen LogP contribution in [0.3, 0.4) is 0 Å². The molecule has 1 atom stereocenters. The summed E-state index contributed by atoms with van der Waals surface area (Å²) >= 11 is 0. The highest BCUT2D eigenvalue weighted by Crippen LogP contribution is 2.28. The number of nitrogens with two attached hydrogens (primary N) is 1. The highest BCUT2D eigenvalue weighted by atomic mass is 16.2. The summed E-state index contributed by atoms with van der Waals surface area (Å²) in [5, 5.41) is 2.87. The highest BCUT2D eigenvalue weighted by molar-refractivity contribution is 5.97. The molecule has 100 valence electrons. The van der Waals surface area contributed by atoms with Crippen molar-refractivity contribution in [2.45, 2.75) is 25.3 Å². The monoisotopic (exact) mass is 257 g/mol. The summed E-state index contributed by atoms with van der Waals surface area (Å²) in [6.07, 6.45) is 7.81. The molecule has 0 aliphatic carbocycles. The zero-order valence-electron chi connectivity index (χ0n) is 10.9. The molecule has 0 radical (unpaired) electrons. The molecule has 1 aliphatic rings. The van der Waals surface area contributed by atoms with Gasteiger partial charge in [0.15, 0.2) is 0 Å². The van der Waals surface area contributed by atoms with Crippen LogP contribution in [0.5, 0.6) is 0 Å². The van der Waals surface area contributed by atoms with Gasteiger partial charge in [-0.3, -0.25) is 4.79 Å². The maximum atomic E-state index is 11.9. The average molecular weight is 257 g/mol. The molecule has 1 fully saturated rings. The Morgan fingerprint density at radius 3 is 2.79 bits per heavy atom. The molecule has 2 rings (SSSR count). The van der Waals surface area contributed by atoms with Gasteiger partial charge in [-0.05, 0) is 25.0 Å². The van der Waals surface area contributed by atoms with E-state index in [1.807, 2.05) is 24.3 Å². The Kier molecular flexibility index (Phi) is 4.43. The van der Waals surface area contributed by atoms with Crippen molar-refractivity contribution in [3.8, 4) is 12.3 Å². The molecular formula is C15H19N3O. The quantitative estimate of drug-likeness (QED) is 0.805. The number of rotatable bonds is 4. The second kappa shape index (κ2) is 6.26. The number of anilines is 2. The number of hydrogen-bond acceptors (Lipinski definition) is 3. The Bertz CT molecular complexity index is 486. The number of amides is 1. The van der Waals surface area contributed by atoms with Gasteiger partial charge in [0.25, 0.3) is 0 Å². The standard InChI is InChI=1S/C15H19N3O/c1-2-7-12(16)15(19)17-13-8-3-4-9-14(13)18-10-5-6-11-18/h1,3-4,8-9,12H,5-7,10-11,16H2,(H,17,19). The zero-order valence-corrected chi connectivity index (χ0v) is 10.9. The number of carbonyl (C=O) groups is 1. The van der Waals surface area contributed by atoms with Gasteiger partial charge in [-0.2, -0.15) is 0 Å². The fourth-order valence-corrected chi connectivity index (χ4v) is 2.26. The maximum Gasteiger partial charge on any atom is 0.242 e. The molecular weight excluding hydrogens is 238 g/mol. The van der Waals surface area contributed by atoms with Gasteiger partial charge < -0.3 is 16.0 Å². The first-order valence-corrected chi connectivity index (χ1v) is 6.56. The predicted octanol–water partition coefficient (Wildman–Crippen LogP) is 1.58. The molecule has 1 saturated heterocycles. The van der Waals surface area contributed by atoms with Gasteiger partial charge in [0, 0.05) is 19.5 Å². The van der Waals surface area contributed by atoms with Crippen LogP contribution in [-0.4, -0.2) is 25.0 Å². The SMILES string of the molecule is C#CCC(N)C(=O)Nc1ccccc1N1CCCC1. The average Bonchev–Trinajstić information content (AvgIpc) is 2.93. The van der Waals surface area contributed by atoms with Crippen LogP contribution in [0.15, 0.2) is 24.3 Å². The fourth-order valence-electron chi connectivity index (χ4n) is 2.26. The molecule has 1 amide bonds. The van der Waals surface area contributed by atoms with Crippen molar-refractivity contribution < 1.29 is 4.79 Å². The van der Waals surface area contributed by atoms with E-state index < -0.39 is 6.04 Å². The molecule has 1 aromatic carbocycles. The third-order valence-electron chi connectivity index (χ3n) is 3.28. The smallest absolute Gasteiger partial charge is 0.242 e. The third-order valence-corrected chi connectivity index (χ3v) is 3.28. The number of hydrogen-bond donors (Lipinski definition) is 2. The Labute approximate surface area is 114 Å². The van der Waals surface area contributed by atoms with E-state index in [1.165, 1.54) is 12.8 Å². The van der Waals surface area contributed by atoms with Gasteiger partial charge in [0.2, 0.25) is 5.91 Å². The first kappa shape index (κ1) is 13.4. The summed E-state index contributed by atoms with van der Waals surface area (Å²) in [5.74, 6) is 2.18. The fraction of sp³-hybridized carbons (Fsp3) is 0.400. The van der Waals surface area contributed by atoms with E-state index in [-0.39, 0.29) is 12.3 Å². The van der Waals surface area contributed by atoms with Crippen molar-refractivity contribution in [2.75, 3.05) is 23.3 Å². The summed E-state index contributed by atoms with van der Waals surface area (Å²) in [6, 6.07) is 7.14. The molecule has 1 aromatic rings. The minimum atomic E-state index is -0.656. The van der Waals surface area contributed by atoms with Gasteiger partial charge in [0.1, 0.15) is 0 Å². The molecule has 4 heteroatoms. The Morgan fingerprint density at radius 1 is 1.42 bits per heavy atom. The lowest BCUT2D eigenvalue weighted by atomic mass is 10.2. The van der Waals surface area contributed by atoms with Crippen molar-refractivity contribution in [1.82, 2.24) is 0 Å². The molecule has 1 unspecified atom stereocenters. The molecule has 1 heterocycles. The van der Waals surface area contributed by atoms with E-state index in [2.05, 4.69) is 16.1 Å². The molecule has 4 nitrogen and oxygen atoms in total. The third kappa shape index (κ3) is 3.27. The van der Waals surface area contributed by atoms with Crippen LogP contribution in [0.2, 0.25) is 0 Å². The van der Waals surface area contributed by atoms with Crippen LogP contribution < -0.4 is 16.0 Å². The molecule has 0 bridgehead atoms. The van der Waals surface area contributed by atoms with E-state index in [4.69, 9.17) is 12.2 Å². The molecule has 1 aliphatic heterocycles. The van der Waals surface area contributed by atoms with Crippen molar-refractivity contribution in [1.29, 1.82) is 0 Å². The van der Waals surface area contributed by atoms with Gasteiger partial charge in [-0.15, -0.1) is 12.3 Å². The molecule has 0 saturated carbocycles. The summed E-state index contributed by atoms with van der Waals surface area (Å²) in [4.78, 5) is 14.2. The first-order valence-electron chi connectivity index (χ1n) is 6.56. The molecule has 3 N–H and O–H groups in total. The van der Waals surface area contributed by atoms with E-state index in [0.717, 1.165) is 24.5 Å². The summed E-state index contributed by atoms with van der Waals surface area (Å²) in [7, 11) is 0. The Balaban J connectivity index is 2.12. The van der Waals surface area contributed by atoms with Crippen molar-refractivity contribution in [3.63, 3.8) is 0 Å². The summed E-state index contributed by atoms with van der Waals surface area (Å²) in [5.41, 5.74) is 7.57. The second-order valence-corrected chi connectivity index (χ2v) is 4.72. The minimum absolute atomic E-state index is 0.232. The lowest BCUT2D eigenvalue weighted by Gasteiger charge is -2.22. The normalized spacial score (nSPS) is 15.9. The van der Waals surface area contributed by atoms with Gasteiger partial charge in [-0.25, -0.2) is 0 Å². The number of para-hydroxylation sites is 2. The Morgan fingerprint density at radius 2 is 2.11 bits per heavy atom. The second-order valence-electron chi connectivity index (χ2n) is 4.72.